The number of nitrogens with zero attached hydrogens (tertiary/aromatic N) is 1. The normalized spacial score (nSPS) is 15.7. The predicted molar refractivity (Wildman–Crippen MR) is 128 cm³/mol. The monoisotopic (exact) mass is 453 g/mol. The maximum absolute atomic E-state index is 12.6. The highest BCUT2D eigenvalue weighted by Crippen LogP contribution is 2.24. The van der Waals surface area contributed by atoms with Crippen LogP contribution in [0.5, 0.6) is 5.75 Å². The van der Waals surface area contributed by atoms with Crippen molar-refractivity contribution in [2.75, 3.05) is 40.0 Å². The van der Waals surface area contributed by atoms with Crippen molar-refractivity contribution in [1.29, 1.82) is 0 Å². The van der Waals surface area contributed by atoms with Crippen LogP contribution >= 0.6 is 0 Å². The summed E-state index contributed by atoms with van der Waals surface area (Å²) in [5, 5.41) is 5.90. The number of fused-ring (bicyclic) bond motifs is 1. The summed E-state index contributed by atoms with van der Waals surface area (Å²) < 4.78 is 11.1. The Morgan fingerprint density at radius 3 is 2.76 bits per heavy atom. The number of ether oxygens (including phenoxy) is 2. The molecule has 1 heterocycles. The number of rotatable bonds is 7. The molecule has 2 aromatic rings. The minimum atomic E-state index is -0.0434. The van der Waals surface area contributed by atoms with Gasteiger partial charge < -0.3 is 20.1 Å². The Balaban J connectivity index is 1.80. The summed E-state index contributed by atoms with van der Waals surface area (Å²) in [4.78, 5) is 27.0. The lowest BCUT2D eigenvalue weighted by molar-refractivity contribution is -0.122. The van der Waals surface area contributed by atoms with Crippen molar-refractivity contribution >= 4 is 11.8 Å². The fourth-order valence-electron chi connectivity index (χ4n) is 3.87. The van der Waals surface area contributed by atoms with E-state index in [4.69, 9.17) is 9.47 Å². The zero-order valence-electron chi connectivity index (χ0n) is 19.5. The number of carbonyl (C=O) groups excluding carboxylic acids is 2. The molecule has 0 atom stereocenters. The second kappa shape index (κ2) is 13.6. The molecule has 7 heteroatoms. The first-order valence-corrected chi connectivity index (χ1v) is 11.7. The Morgan fingerprint density at radius 2 is 1.94 bits per heavy atom. The van der Waals surface area contributed by atoms with E-state index in [0.717, 1.165) is 41.7 Å². The lowest BCUT2D eigenvalue weighted by Gasteiger charge is -2.23. The van der Waals surface area contributed by atoms with Crippen LogP contribution in [0.25, 0.3) is 0 Å². The number of methoxy groups -OCH3 is 1. The fraction of sp³-hybridized carbons (Fsp3) is 0.462. The second-order valence-corrected chi connectivity index (χ2v) is 8.35. The maximum atomic E-state index is 12.6. The summed E-state index contributed by atoms with van der Waals surface area (Å²) in [5.41, 5.74) is 3.05. The fourth-order valence-corrected chi connectivity index (χ4v) is 3.87. The summed E-state index contributed by atoms with van der Waals surface area (Å²) in [7, 11) is 1.61. The second-order valence-electron chi connectivity index (χ2n) is 8.35. The number of hydrogen-bond acceptors (Lipinski definition) is 5. The lowest BCUT2D eigenvalue weighted by atomic mass is 10.1. The van der Waals surface area contributed by atoms with Crippen molar-refractivity contribution in [1.82, 2.24) is 15.5 Å². The molecule has 178 valence electrons. The SMILES string of the molecule is COCCNC(=O)Cc1ccc2c(c1)CN(Cc1ccccc1)CC(=O)NCCCCCO2. The van der Waals surface area contributed by atoms with Gasteiger partial charge >= 0.3 is 0 Å². The molecule has 3 rings (SSSR count). The van der Waals surface area contributed by atoms with Crippen molar-refractivity contribution in [2.45, 2.75) is 38.8 Å². The first-order chi connectivity index (χ1) is 16.1. The number of carbonyl (C=O) groups is 2. The van der Waals surface area contributed by atoms with E-state index in [1.165, 1.54) is 0 Å². The average Bonchev–Trinajstić information content (AvgIpc) is 2.81. The number of nitrogens with one attached hydrogen (secondary N) is 2. The molecule has 0 bridgehead atoms. The van der Waals surface area contributed by atoms with Crippen molar-refractivity contribution in [3.05, 3.63) is 65.2 Å². The summed E-state index contributed by atoms with van der Waals surface area (Å²) in [6.45, 7) is 3.80. The van der Waals surface area contributed by atoms with Gasteiger partial charge in [-0.15, -0.1) is 0 Å². The first kappa shape index (κ1) is 24.7. The number of amides is 2. The van der Waals surface area contributed by atoms with Crippen LogP contribution in [0.1, 0.15) is 36.0 Å². The van der Waals surface area contributed by atoms with Gasteiger partial charge in [0.05, 0.1) is 26.2 Å². The maximum Gasteiger partial charge on any atom is 0.234 e. The Kier molecular flexibility index (Phi) is 10.2. The Labute approximate surface area is 196 Å². The average molecular weight is 454 g/mol. The van der Waals surface area contributed by atoms with Crippen molar-refractivity contribution in [3.8, 4) is 5.75 Å². The molecule has 0 saturated carbocycles. The van der Waals surface area contributed by atoms with Gasteiger partial charge in [-0.25, -0.2) is 0 Å². The van der Waals surface area contributed by atoms with Gasteiger partial charge in [0.2, 0.25) is 11.8 Å². The number of hydrogen-bond donors (Lipinski definition) is 2. The molecule has 2 amide bonds. The topological polar surface area (TPSA) is 79.9 Å². The molecule has 0 fully saturated rings. The Bertz CT molecular complexity index is 888. The van der Waals surface area contributed by atoms with Crippen LogP contribution in [0.4, 0.5) is 0 Å². The molecule has 2 N–H and O–H groups in total. The van der Waals surface area contributed by atoms with E-state index in [1.54, 1.807) is 7.11 Å². The molecule has 0 radical (unpaired) electrons. The lowest BCUT2D eigenvalue weighted by Crippen LogP contribution is -2.37. The third-order valence-corrected chi connectivity index (χ3v) is 5.53. The minimum Gasteiger partial charge on any atom is -0.493 e. The summed E-state index contributed by atoms with van der Waals surface area (Å²) >= 11 is 0. The van der Waals surface area contributed by atoms with Gasteiger partial charge in [-0.2, -0.15) is 0 Å². The molecule has 7 nitrogen and oxygen atoms in total. The summed E-state index contributed by atoms with van der Waals surface area (Å²) in [6.07, 6.45) is 3.17. The van der Waals surface area contributed by atoms with Gasteiger partial charge in [0.15, 0.2) is 0 Å². The zero-order chi connectivity index (χ0) is 23.3. The quantitative estimate of drug-likeness (QED) is 0.630. The van der Waals surface area contributed by atoms with Gasteiger partial charge in [0.25, 0.3) is 0 Å². The molecule has 0 unspecified atom stereocenters. The van der Waals surface area contributed by atoms with Crippen LogP contribution in [0.2, 0.25) is 0 Å². The van der Waals surface area contributed by atoms with Crippen molar-refractivity contribution in [2.24, 2.45) is 0 Å². The van der Waals surface area contributed by atoms with Crippen molar-refractivity contribution < 1.29 is 19.1 Å². The molecular weight excluding hydrogens is 418 g/mol. The molecule has 1 aliphatic rings. The van der Waals surface area contributed by atoms with E-state index in [-0.39, 0.29) is 18.2 Å². The van der Waals surface area contributed by atoms with E-state index in [0.29, 0.717) is 45.9 Å². The van der Waals surface area contributed by atoms with Gasteiger partial charge in [-0.05, 0) is 36.5 Å². The van der Waals surface area contributed by atoms with E-state index >= 15 is 0 Å². The third kappa shape index (κ3) is 8.86. The molecule has 33 heavy (non-hydrogen) atoms. The van der Waals surface area contributed by atoms with Crippen LogP contribution in [-0.4, -0.2) is 56.7 Å². The standard InChI is InChI=1S/C26H35N3O4/c1-32-15-13-28-25(30)17-22-10-11-24-23(16-22)19-29(18-21-8-4-2-5-9-21)20-26(31)27-12-6-3-7-14-33-24/h2,4-5,8-11,16H,3,6-7,12-15,17-20H2,1H3,(H,27,31)(H,28,30). The molecule has 1 aliphatic heterocycles. The van der Waals surface area contributed by atoms with Gasteiger partial charge in [0, 0.05) is 38.9 Å². The first-order valence-electron chi connectivity index (χ1n) is 11.7. The van der Waals surface area contributed by atoms with E-state index < -0.39 is 0 Å². The van der Waals surface area contributed by atoms with Crippen LogP contribution < -0.4 is 15.4 Å². The van der Waals surface area contributed by atoms with Crippen molar-refractivity contribution in [3.63, 3.8) is 0 Å². The third-order valence-electron chi connectivity index (χ3n) is 5.53. The van der Waals surface area contributed by atoms with Crippen LogP contribution in [0, 0.1) is 0 Å². The van der Waals surface area contributed by atoms with Crippen LogP contribution in [-0.2, 0) is 33.8 Å². The minimum absolute atomic E-state index is 0.0290. The van der Waals surface area contributed by atoms with Crippen LogP contribution in [0.15, 0.2) is 48.5 Å². The van der Waals surface area contributed by atoms with Crippen LogP contribution in [0.3, 0.4) is 0 Å². The highest BCUT2D eigenvalue weighted by Gasteiger charge is 2.16. The molecule has 0 spiro atoms. The predicted octanol–water partition coefficient (Wildman–Crippen LogP) is 2.67. The Hall–Kier alpha value is -2.90. The number of benzene rings is 2. The smallest absolute Gasteiger partial charge is 0.234 e. The van der Waals surface area contributed by atoms with Gasteiger partial charge in [0.1, 0.15) is 5.75 Å². The zero-order valence-corrected chi connectivity index (χ0v) is 19.5. The largest absolute Gasteiger partial charge is 0.493 e. The molecule has 0 aliphatic carbocycles. The van der Waals surface area contributed by atoms with Gasteiger partial charge in [-0.3, -0.25) is 14.5 Å². The molecule has 0 aromatic heterocycles. The van der Waals surface area contributed by atoms with E-state index in [1.807, 2.05) is 36.4 Å². The molecule has 0 saturated heterocycles. The van der Waals surface area contributed by atoms with E-state index in [9.17, 15) is 9.59 Å². The van der Waals surface area contributed by atoms with Gasteiger partial charge in [-0.1, -0.05) is 42.5 Å². The summed E-state index contributed by atoms with van der Waals surface area (Å²) in [5.74, 6) is 0.802. The Morgan fingerprint density at radius 1 is 1.09 bits per heavy atom. The highest BCUT2D eigenvalue weighted by molar-refractivity contribution is 5.79. The van der Waals surface area contributed by atoms with E-state index in [2.05, 4.69) is 27.7 Å². The highest BCUT2D eigenvalue weighted by atomic mass is 16.5. The molecule has 2 aromatic carbocycles. The summed E-state index contributed by atoms with van der Waals surface area (Å²) in [6, 6.07) is 16.1. The molecular formula is C26H35N3O4.